The van der Waals surface area contributed by atoms with E-state index in [-0.39, 0.29) is 18.2 Å². The van der Waals surface area contributed by atoms with Crippen LogP contribution < -0.4 is 5.32 Å². The Morgan fingerprint density at radius 3 is 3.12 bits per heavy atom. The van der Waals surface area contributed by atoms with Crippen molar-refractivity contribution in [3.8, 4) is 0 Å². The van der Waals surface area contributed by atoms with Crippen molar-refractivity contribution in [2.75, 3.05) is 39.9 Å². The highest BCUT2D eigenvalue weighted by molar-refractivity contribution is 5.74. The number of rotatable bonds is 3. The lowest BCUT2D eigenvalue weighted by atomic mass is 10.2. The molecule has 1 N–H and O–H groups in total. The highest BCUT2D eigenvalue weighted by Crippen LogP contribution is 2.10. The van der Waals surface area contributed by atoms with E-state index in [0.717, 1.165) is 6.54 Å². The number of morpholine rings is 1. The molecule has 2 aliphatic rings. The largest absolute Gasteiger partial charge is 0.467 e. The second-order valence-electron chi connectivity index (χ2n) is 4.05. The lowest BCUT2D eigenvalue weighted by molar-refractivity contribution is -0.160. The zero-order valence-corrected chi connectivity index (χ0v) is 9.68. The summed E-state index contributed by atoms with van der Waals surface area (Å²) in [6.07, 6.45) is -1.08. The first kappa shape index (κ1) is 12.1. The maximum absolute atomic E-state index is 11.3. The van der Waals surface area contributed by atoms with Crippen molar-refractivity contribution in [2.24, 2.45) is 0 Å². The first-order valence-electron chi connectivity index (χ1n) is 5.55. The molecule has 2 atom stereocenters. The third-order valence-electron chi connectivity index (χ3n) is 2.82. The molecule has 2 saturated heterocycles. The lowest BCUT2D eigenvalue weighted by Crippen LogP contribution is -2.49. The van der Waals surface area contributed by atoms with Gasteiger partial charge >= 0.3 is 12.1 Å². The predicted molar refractivity (Wildman–Crippen MR) is 56.5 cm³/mol. The number of alkyl carbamates (subject to hydrolysis) is 1. The van der Waals surface area contributed by atoms with Crippen LogP contribution >= 0.6 is 0 Å². The minimum atomic E-state index is -0.543. The van der Waals surface area contributed by atoms with E-state index in [9.17, 15) is 9.59 Å². The Morgan fingerprint density at radius 1 is 1.65 bits per heavy atom. The normalized spacial score (nSPS) is 29.6. The van der Waals surface area contributed by atoms with Crippen molar-refractivity contribution >= 4 is 12.1 Å². The Kier molecular flexibility index (Phi) is 3.80. The molecular weight excluding hydrogens is 228 g/mol. The van der Waals surface area contributed by atoms with Gasteiger partial charge in [0.2, 0.25) is 0 Å². The fourth-order valence-electron chi connectivity index (χ4n) is 1.96. The van der Waals surface area contributed by atoms with E-state index in [2.05, 4.69) is 10.1 Å². The van der Waals surface area contributed by atoms with E-state index >= 15 is 0 Å². The van der Waals surface area contributed by atoms with Gasteiger partial charge in [-0.15, -0.1) is 0 Å². The molecule has 0 bridgehead atoms. The van der Waals surface area contributed by atoms with Crippen LogP contribution in [0.5, 0.6) is 0 Å². The molecule has 2 unspecified atom stereocenters. The van der Waals surface area contributed by atoms with E-state index in [0.29, 0.717) is 26.2 Å². The van der Waals surface area contributed by atoms with E-state index < -0.39 is 6.10 Å². The Balaban J connectivity index is 1.81. The number of hydrogen-bond donors (Lipinski definition) is 1. The molecule has 0 spiro atoms. The van der Waals surface area contributed by atoms with Gasteiger partial charge in [-0.3, -0.25) is 4.90 Å². The van der Waals surface area contributed by atoms with E-state index in [1.807, 2.05) is 4.90 Å². The minimum absolute atomic E-state index is 0.154. The standard InChI is InChI=1S/C10H16N2O5/c1-15-9(13)8-6-12(2-3-16-8)5-7-4-11-10(14)17-7/h7-8H,2-6H2,1H3,(H,11,14). The first-order chi connectivity index (χ1) is 8.19. The topological polar surface area (TPSA) is 77.1 Å². The molecule has 0 aromatic rings. The monoisotopic (exact) mass is 244 g/mol. The molecule has 0 aliphatic carbocycles. The van der Waals surface area contributed by atoms with Crippen LogP contribution in [-0.4, -0.2) is 69.1 Å². The maximum atomic E-state index is 11.3. The zero-order valence-electron chi connectivity index (χ0n) is 9.68. The van der Waals surface area contributed by atoms with Crippen molar-refractivity contribution in [3.63, 3.8) is 0 Å². The molecular formula is C10H16N2O5. The van der Waals surface area contributed by atoms with Crippen LogP contribution in [-0.2, 0) is 19.0 Å². The van der Waals surface area contributed by atoms with Gasteiger partial charge in [-0.25, -0.2) is 9.59 Å². The lowest BCUT2D eigenvalue weighted by Gasteiger charge is -2.32. The molecule has 2 rings (SSSR count). The van der Waals surface area contributed by atoms with Crippen LogP contribution in [0, 0.1) is 0 Å². The second kappa shape index (κ2) is 5.33. The quantitative estimate of drug-likeness (QED) is 0.640. The van der Waals surface area contributed by atoms with Gasteiger partial charge in [0.05, 0.1) is 20.3 Å². The molecule has 2 aliphatic heterocycles. The molecule has 2 fully saturated rings. The summed E-state index contributed by atoms with van der Waals surface area (Å²) in [6, 6.07) is 0. The Bertz CT molecular complexity index is 309. The van der Waals surface area contributed by atoms with Crippen molar-refractivity contribution in [2.45, 2.75) is 12.2 Å². The number of nitrogens with one attached hydrogen (secondary N) is 1. The molecule has 7 heteroatoms. The minimum Gasteiger partial charge on any atom is -0.467 e. The fraction of sp³-hybridized carbons (Fsp3) is 0.800. The van der Waals surface area contributed by atoms with Crippen LogP contribution in [0.2, 0.25) is 0 Å². The number of nitrogens with zero attached hydrogens (tertiary/aromatic N) is 1. The molecule has 0 aromatic heterocycles. The number of carbonyl (C=O) groups excluding carboxylic acids is 2. The third-order valence-corrected chi connectivity index (χ3v) is 2.82. The highest BCUT2D eigenvalue weighted by atomic mass is 16.6. The van der Waals surface area contributed by atoms with Gasteiger partial charge in [0, 0.05) is 19.6 Å². The van der Waals surface area contributed by atoms with Gasteiger partial charge in [-0.2, -0.15) is 0 Å². The second-order valence-corrected chi connectivity index (χ2v) is 4.05. The Morgan fingerprint density at radius 2 is 2.47 bits per heavy atom. The number of carbonyl (C=O) groups is 2. The summed E-state index contributed by atoms with van der Waals surface area (Å²) in [5.74, 6) is -0.365. The number of hydrogen-bond acceptors (Lipinski definition) is 6. The van der Waals surface area contributed by atoms with Crippen molar-refractivity contribution in [3.05, 3.63) is 0 Å². The maximum Gasteiger partial charge on any atom is 0.407 e. The smallest absolute Gasteiger partial charge is 0.407 e. The fourth-order valence-corrected chi connectivity index (χ4v) is 1.96. The molecule has 17 heavy (non-hydrogen) atoms. The first-order valence-corrected chi connectivity index (χ1v) is 5.55. The summed E-state index contributed by atoms with van der Waals surface area (Å²) in [6.45, 7) is 2.80. The van der Waals surface area contributed by atoms with E-state index in [4.69, 9.17) is 9.47 Å². The number of cyclic esters (lactones) is 1. The molecule has 1 amide bonds. The van der Waals surface area contributed by atoms with Crippen LogP contribution in [0.1, 0.15) is 0 Å². The van der Waals surface area contributed by atoms with Crippen molar-refractivity contribution in [1.29, 1.82) is 0 Å². The highest BCUT2D eigenvalue weighted by Gasteiger charge is 2.31. The molecule has 2 heterocycles. The van der Waals surface area contributed by atoms with Crippen LogP contribution in [0.15, 0.2) is 0 Å². The summed E-state index contributed by atoms with van der Waals surface area (Å²) in [7, 11) is 1.34. The van der Waals surface area contributed by atoms with Gasteiger partial charge in [-0.05, 0) is 0 Å². The Hall–Kier alpha value is -1.34. The summed E-state index contributed by atoms with van der Waals surface area (Å²) in [4.78, 5) is 24.2. The van der Waals surface area contributed by atoms with Gasteiger partial charge in [0.15, 0.2) is 6.10 Å². The number of ether oxygens (including phenoxy) is 3. The van der Waals surface area contributed by atoms with E-state index in [1.54, 1.807) is 0 Å². The average molecular weight is 244 g/mol. The van der Waals surface area contributed by atoms with Crippen LogP contribution in [0.4, 0.5) is 4.79 Å². The van der Waals surface area contributed by atoms with Gasteiger partial charge in [0.25, 0.3) is 0 Å². The number of esters is 1. The zero-order chi connectivity index (χ0) is 12.3. The summed E-state index contributed by atoms with van der Waals surface area (Å²) in [5.41, 5.74) is 0. The van der Waals surface area contributed by atoms with Gasteiger partial charge in [-0.1, -0.05) is 0 Å². The molecule has 96 valence electrons. The van der Waals surface area contributed by atoms with Crippen molar-refractivity contribution < 1.29 is 23.8 Å². The molecule has 0 aromatic carbocycles. The average Bonchev–Trinajstić information content (AvgIpc) is 2.74. The molecule has 0 radical (unpaired) electrons. The van der Waals surface area contributed by atoms with Gasteiger partial charge < -0.3 is 19.5 Å². The number of methoxy groups -OCH3 is 1. The van der Waals surface area contributed by atoms with Crippen LogP contribution in [0.3, 0.4) is 0 Å². The summed E-state index contributed by atoms with van der Waals surface area (Å²) >= 11 is 0. The summed E-state index contributed by atoms with van der Waals surface area (Å²) < 4.78 is 15.0. The third kappa shape index (κ3) is 3.07. The van der Waals surface area contributed by atoms with Crippen molar-refractivity contribution in [1.82, 2.24) is 10.2 Å². The molecule has 7 nitrogen and oxygen atoms in total. The van der Waals surface area contributed by atoms with Crippen LogP contribution in [0.25, 0.3) is 0 Å². The number of amides is 1. The SMILES string of the molecule is COC(=O)C1CN(CC2CNC(=O)O2)CCO1. The van der Waals surface area contributed by atoms with E-state index in [1.165, 1.54) is 7.11 Å². The van der Waals surface area contributed by atoms with Gasteiger partial charge in [0.1, 0.15) is 6.10 Å². The summed E-state index contributed by atoms with van der Waals surface area (Å²) in [5, 5.41) is 2.59. The molecule has 0 saturated carbocycles. The predicted octanol–water partition coefficient (Wildman–Crippen LogP) is -1.03. The Labute approximate surface area is 99.0 Å².